The Morgan fingerprint density at radius 2 is 2.00 bits per heavy atom. The molecule has 0 saturated carbocycles. The molecule has 1 aromatic heterocycles. The molecule has 2 aromatic rings. The average molecular weight is 312 g/mol. The normalized spacial score (nSPS) is 9.95. The molecule has 0 aliphatic heterocycles. The second kappa shape index (κ2) is 8.25. The smallest absolute Gasteiger partial charge is 0.269 e. The average Bonchev–Trinajstić information content (AvgIpc) is 2.86. The molecule has 0 bridgehead atoms. The topological polar surface area (TPSA) is 105 Å². The molecule has 0 aliphatic carbocycles. The second-order valence-electron chi connectivity index (χ2n) is 3.55. The van der Waals surface area contributed by atoms with Crippen LogP contribution >= 0.6 is 11.9 Å². The third-order valence-corrected chi connectivity index (χ3v) is 2.82. The molecule has 1 aromatic carbocycles. The summed E-state index contributed by atoms with van der Waals surface area (Å²) in [4.78, 5) is 10.6. The molecule has 2 rings (SSSR count). The summed E-state index contributed by atoms with van der Waals surface area (Å²) in [6.07, 6.45) is 0. The minimum absolute atomic E-state index is 0.00562. The molecule has 114 valence electrons. The van der Waals surface area contributed by atoms with E-state index >= 15 is 0 Å². The SMILES string of the molecule is CC.Cc1cc(NN(O)Sc2ccc([N+](=O)[O-])cc2)no1. The van der Waals surface area contributed by atoms with Crippen LogP contribution in [0.4, 0.5) is 11.5 Å². The quantitative estimate of drug-likeness (QED) is 0.490. The van der Waals surface area contributed by atoms with Crippen LogP contribution in [0.1, 0.15) is 19.6 Å². The molecular weight excluding hydrogens is 296 g/mol. The van der Waals surface area contributed by atoms with Gasteiger partial charge in [-0.05, 0) is 23.6 Å². The van der Waals surface area contributed by atoms with Gasteiger partial charge in [0.25, 0.3) is 5.69 Å². The van der Waals surface area contributed by atoms with Crippen molar-refractivity contribution in [1.82, 2.24) is 9.73 Å². The first-order valence-corrected chi connectivity index (χ1v) is 6.93. The van der Waals surface area contributed by atoms with E-state index in [4.69, 9.17) is 4.52 Å². The van der Waals surface area contributed by atoms with Crippen LogP contribution in [0, 0.1) is 17.0 Å². The maximum Gasteiger partial charge on any atom is 0.269 e. The number of hydrazine groups is 1. The number of aromatic nitrogens is 1. The summed E-state index contributed by atoms with van der Waals surface area (Å²) in [5, 5.41) is 23.7. The molecule has 9 heteroatoms. The van der Waals surface area contributed by atoms with Gasteiger partial charge in [-0.15, -0.1) is 0 Å². The van der Waals surface area contributed by atoms with Crippen molar-refractivity contribution in [3.05, 3.63) is 46.2 Å². The predicted molar refractivity (Wildman–Crippen MR) is 78.8 cm³/mol. The van der Waals surface area contributed by atoms with Crippen LogP contribution in [0.15, 0.2) is 39.8 Å². The molecule has 0 spiro atoms. The lowest BCUT2D eigenvalue weighted by molar-refractivity contribution is -0.384. The molecule has 0 fully saturated rings. The summed E-state index contributed by atoms with van der Waals surface area (Å²) in [7, 11) is 0. The standard InChI is InChI=1S/C10H10N4O4S.C2H6/c1-7-6-10(12-18-7)11-14(17)19-9-4-2-8(3-5-9)13(15)16;1-2/h2-6,17H,1H3,(H,11,12);1-2H3. The minimum atomic E-state index is -0.485. The summed E-state index contributed by atoms with van der Waals surface area (Å²) < 4.78 is 5.56. The van der Waals surface area contributed by atoms with Crippen molar-refractivity contribution < 1.29 is 14.7 Å². The molecule has 0 saturated heterocycles. The summed E-state index contributed by atoms with van der Waals surface area (Å²) in [6, 6.07) is 7.38. The number of hydrogen-bond donors (Lipinski definition) is 2. The van der Waals surface area contributed by atoms with E-state index in [1.165, 1.54) is 24.3 Å². The Morgan fingerprint density at radius 1 is 1.38 bits per heavy atom. The predicted octanol–water partition coefficient (Wildman–Crippen LogP) is 3.64. The van der Waals surface area contributed by atoms with Gasteiger partial charge in [-0.1, -0.05) is 19.0 Å². The summed E-state index contributed by atoms with van der Waals surface area (Å²) in [6.45, 7) is 5.73. The number of nitrogens with one attached hydrogen (secondary N) is 1. The van der Waals surface area contributed by atoms with E-state index in [-0.39, 0.29) is 5.69 Å². The summed E-state index contributed by atoms with van der Waals surface area (Å²) in [5.41, 5.74) is 2.56. The van der Waals surface area contributed by atoms with Crippen LogP contribution in [-0.2, 0) is 0 Å². The number of benzene rings is 1. The molecule has 0 radical (unpaired) electrons. The Labute approximate surface area is 125 Å². The van der Waals surface area contributed by atoms with Crippen LogP contribution in [0.3, 0.4) is 0 Å². The van der Waals surface area contributed by atoms with Gasteiger partial charge in [-0.2, -0.15) is 0 Å². The number of anilines is 1. The van der Waals surface area contributed by atoms with Gasteiger partial charge in [0.15, 0.2) is 5.82 Å². The Hall–Kier alpha value is -2.10. The molecule has 1 heterocycles. The van der Waals surface area contributed by atoms with Crippen LogP contribution < -0.4 is 5.43 Å². The zero-order valence-electron chi connectivity index (χ0n) is 11.8. The van der Waals surface area contributed by atoms with Crippen LogP contribution in [0.5, 0.6) is 0 Å². The van der Waals surface area contributed by atoms with E-state index in [0.29, 0.717) is 16.5 Å². The highest BCUT2D eigenvalue weighted by molar-refractivity contribution is 7.97. The molecule has 21 heavy (non-hydrogen) atoms. The van der Waals surface area contributed by atoms with Crippen molar-refractivity contribution in [1.29, 1.82) is 0 Å². The fraction of sp³-hybridized carbons (Fsp3) is 0.250. The first-order valence-electron chi connectivity index (χ1n) is 6.16. The van der Waals surface area contributed by atoms with Crippen molar-refractivity contribution in [3.63, 3.8) is 0 Å². The molecule has 0 amide bonds. The van der Waals surface area contributed by atoms with Crippen LogP contribution in [-0.4, -0.2) is 19.9 Å². The first-order chi connectivity index (χ1) is 10.0. The number of nitrogens with zero attached hydrogens (tertiary/aromatic N) is 3. The van der Waals surface area contributed by atoms with Crippen molar-refractivity contribution in [3.8, 4) is 0 Å². The van der Waals surface area contributed by atoms with E-state index < -0.39 is 4.92 Å². The highest BCUT2D eigenvalue weighted by atomic mass is 32.2. The summed E-state index contributed by atoms with van der Waals surface area (Å²) >= 11 is 0.942. The van der Waals surface area contributed by atoms with E-state index in [1.807, 2.05) is 13.8 Å². The molecular formula is C12H16N4O4S. The molecule has 2 N–H and O–H groups in total. The van der Waals surface area contributed by atoms with Crippen molar-refractivity contribution >= 4 is 23.5 Å². The maximum atomic E-state index is 10.5. The third-order valence-electron chi connectivity index (χ3n) is 2.08. The Balaban J connectivity index is 0.00000106. The van der Waals surface area contributed by atoms with Gasteiger partial charge in [0.1, 0.15) is 5.76 Å². The Bertz CT molecular complexity index is 573. The van der Waals surface area contributed by atoms with E-state index in [0.717, 1.165) is 16.5 Å². The number of nitro groups is 1. The maximum absolute atomic E-state index is 10.5. The number of aryl methyl sites for hydroxylation is 1. The minimum Gasteiger partial charge on any atom is -0.360 e. The van der Waals surface area contributed by atoms with Crippen LogP contribution in [0.2, 0.25) is 0 Å². The van der Waals surface area contributed by atoms with Gasteiger partial charge in [0.2, 0.25) is 0 Å². The van der Waals surface area contributed by atoms with E-state index in [2.05, 4.69) is 10.6 Å². The van der Waals surface area contributed by atoms with Gasteiger partial charge in [0, 0.05) is 35.0 Å². The molecule has 0 unspecified atom stereocenters. The number of hydrogen-bond acceptors (Lipinski definition) is 8. The second-order valence-corrected chi connectivity index (χ2v) is 4.55. The Kier molecular flexibility index (Phi) is 6.66. The van der Waals surface area contributed by atoms with E-state index in [9.17, 15) is 15.3 Å². The molecule has 8 nitrogen and oxygen atoms in total. The fourth-order valence-corrected chi connectivity index (χ4v) is 1.87. The number of nitro benzene ring substituents is 1. The lowest BCUT2D eigenvalue weighted by Crippen LogP contribution is -2.18. The van der Waals surface area contributed by atoms with Gasteiger partial charge in [-0.3, -0.25) is 20.7 Å². The first kappa shape index (κ1) is 17.0. The monoisotopic (exact) mass is 312 g/mol. The lowest BCUT2D eigenvalue weighted by Gasteiger charge is -2.12. The fourth-order valence-electron chi connectivity index (χ4n) is 1.27. The third kappa shape index (κ3) is 5.42. The zero-order valence-corrected chi connectivity index (χ0v) is 12.6. The largest absolute Gasteiger partial charge is 0.360 e. The van der Waals surface area contributed by atoms with Crippen molar-refractivity contribution in [2.75, 3.05) is 5.43 Å². The lowest BCUT2D eigenvalue weighted by atomic mass is 10.3. The zero-order chi connectivity index (χ0) is 15.8. The number of non-ortho nitro benzene ring substituents is 1. The van der Waals surface area contributed by atoms with Gasteiger partial charge in [-0.25, -0.2) is 0 Å². The number of rotatable bonds is 5. The molecule has 0 aliphatic rings. The van der Waals surface area contributed by atoms with E-state index in [1.54, 1.807) is 13.0 Å². The highest BCUT2D eigenvalue weighted by Gasteiger charge is 2.09. The highest BCUT2D eigenvalue weighted by Crippen LogP contribution is 2.24. The van der Waals surface area contributed by atoms with Crippen molar-refractivity contribution in [2.45, 2.75) is 25.7 Å². The molecule has 0 atom stereocenters. The van der Waals surface area contributed by atoms with Crippen molar-refractivity contribution in [2.24, 2.45) is 0 Å². The van der Waals surface area contributed by atoms with Crippen LogP contribution in [0.25, 0.3) is 0 Å². The Morgan fingerprint density at radius 3 is 2.48 bits per heavy atom. The van der Waals surface area contributed by atoms with Gasteiger partial charge < -0.3 is 4.52 Å². The summed E-state index contributed by atoms with van der Waals surface area (Å²) in [5.74, 6) is 0.964. The van der Waals surface area contributed by atoms with Gasteiger partial charge in [0.05, 0.1) is 4.92 Å². The van der Waals surface area contributed by atoms with Gasteiger partial charge >= 0.3 is 0 Å².